The number of hydrogen-bond acceptors (Lipinski definition) is 2. The highest BCUT2D eigenvalue weighted by atomic mass is 15.4. The first-order valence-electron chi connectivity index (χ1n) is 11.6. The molecule has 0 saturated heterocycles. The molecule has 0 aliphatic carbocycles. The summed E-state index contributed by atoms with van der Waals surface area (Å²) in [5, 5.41) is 0. The van der Waals surface area contributed by atoms with Gasteiger partial charge in [0.15, 0.2) is 11.0 Å². The van der Waals surface area contributed by atoms with Crippen LogP contribution in [0.25, 0.3) is 16.6 Å². The van der Waals surface area contributed by atoms with Crippen LogP contribution in [0.2, 0.25) is 0 Å². The molecule has 0 N–H and O–H groups in total. The van der Waals surface area contributed by atoms with Crippen LogP contribution in [-0.2, 0) is 13.1 Å². The zero-order valence-corrected chi connectivity index (χ0v) is 18.4. The number of benzene rings is 2. The number of anilines is 2. The van der Waals surface area contributed by atoms with E-state index >= 15 is 0 Å². The number of hydrogen-bond donors (Lipinski definition) is 0. The van der Waals surface area contributed by atoms with E-state index < -0.39 is 0 Å². The topological polar surface area (TPSA) is 15.3 Å². The second-order valence-electron chi connectivity index (χ2n) is 8.49. The Morgan fingerprint density at radius 1 is 0.935 bits per heavy atom. The Hall–Kier alpha value is -3.27. The van der Waals surface area contributed by atoms with E-state index in [-0.39, 0.29) is 0 Å². The third-order valence-corrected chi connectivity index (χ3v) is 6.96. The highest BCUT2D eigenvalue weighted by Crippen LogP contribution is 2.46. The number of nitrogens with zero attached hydrogens (tertiary/aromatic N) is 4. The van der Waals surface area contributed by atoms with E-state index in [4.69, 9.17) is 0 Å². The molecule has 0 saturated carbocycles. The predicted octanol–water partition coefficient (Wildman–Crippen LogP) is 5.25. The molecule has 1 aromatic heterocycles. The molecule has 6 rings (SSSR count). The van der Waals surface area contributed by atoms with Crippen LogP contribution in [-0.4, -0.2) is 17.7 Å². The van der Waals surface area contributed by atoms with Gasteiger partial charge in [0.1, 0.15) is 5.82 Å². The molecule has 0 atom stereocenters. The number of rotatable bonds is 4. The first-order valence-corrected chi connectivity index (χ1v) is 11.6. The van der Waals surface area contributed by atoms with Crippen LogP contribution in [0.15, 0.2) is 78.2 Å². The average molecular weight is 410 g/mol. The first kappa shape index (κ1) is 18.5. The average Bonchev–Trinajstić information content (AvgIpc) is 3.54. The summed E-state index contributed by atoms with van der Waals surface area (Å²) in [5.74, 6) is 2.75. The molecule has 0 radical (unpaired) electrons. The summed E-state index contributed by atoms with van der Waals surface area (Å²) < 4.78 is 4.96. The molecule has 4 nitrogen and oxygen atoms in total. The minimum absolute atomic E-state index is 0.998. The molecule has 4 heterocycles. The van der Waals surface area contributed by atoms with Crippen molar-refractivity contribution in [3.8, 4) is 0 Å². The van der Waals surface area contributed by atoms with Crippen LogP contribution < -0.4 is 14.4 Å². The van der Waals surface area contributed by atoms with Crippen molar-refractivity contribution in [3.05, 3.63) is 84.0 Å². The summed E-state index contributed by atoms with van der Waals surface area (Å²) >= 11 is 0. The molecule has 0 spiro atoms. The SMILES string of the molecule is CCN1C2=C(C=CC=C3CCn4c3[n+](CC)c3ccccc34)CCN2c2ccccc21. The third-order valence-electron chi connectivity index (χ3n) is 6.96. The van der Waals surface area contributed by atoms with Crippen molar-refractivity contribution in [3.63, 3.8) is 0 Å². The van der Waals surface area contributed by atoms with Gasteiger partial charge < -0.3 is 9.80 Å². The van der Waals surface area contributed by atoms with Crippen molar-refractivity contribution in [2.24, 2.45) is 0 Å². The summed E-state index contributed by atoms with van der Waals surface area (Å²) in [4.78, 5) is 4.96. The number of fused-ring (bicyclic) bond motifs is 6. The second-order valence-corrected chi connectivity index (χ2v) is 8.49. The maximum Gasteiger partial charge on any atom is 0.285 e. The monoisotopic (exact) mass is 409 g/mol. The van der Waals surface area contributed by atoms with Crippen LogP contribution >= 0.6 is 0 Å². The lowest BCUT2D eigenvalue weighted by molar-refractivity contribution is -0.670. The fourth-order valence-corrected chi connectivity index (χ4v) is 5.66. The summed E-state index contributed by atoms with van der Waals surface area (Å²) in [6.07, 6.45) is 9.19. The Morgan fingerprint density at radius 2 is 1.74 bits per heavy atom. The van der Waals surface area contributed by atoms with Crippen LogP contribution in [0.3, 0.4) is 0 Å². The Bertz CT molecular complexity index is 1260. The van der Waals surface area contributed by atoms with Gasteiger partial charge in [0.2, 0.25) is 0 Å². The second kappa shape index (κ2) is 7.16. The van der Waals surface area contributed by atoms with Gasteiger partial charge in [0, 0.05) is 25.1 Å². The van der Waals surface area contributed by atoms with Gasteiger partial charge in [-0.2, -0.15) is 0 Å². The van der Waals surface area contributed by atoms with Crippen molar-refractivity contribution in [2.45, 2.75) is 39.8 Å². The molecule has 3 aromatic rings. The minimum atomic E-state index is 0.998. The van der Waals surface area contributed by atoms with Gasteiger partial charge in [0.05, 0.1) is 24.5 Å². The van der Waals surface area contributed by atoms with Gasteiger partial charge in [-0.25, -0.2) is 9.13 Å². The van der Waals surface area contributed by atoms with Crippen LogP contribution in [0, 0.1) is 0 Å². The molecule has 31 heavy (non-hydrogen) atoms. The van der Waals surface area contributed by atoms with Gasteiger partial charge in [-0.1, -0.05) is 42.5 Å². The molecule has 3 aliphatic heterocycles. The highest BCUT2D eigenvalue weighted by molar-refractivity contribution is 5.84. The van der Waals surface area contributed by atoms with Crippen LogP contribution in [0.4, 0.5) is 11.4 Å². The lowest BCUT2D eigenvalue weighted by atomic mass is 10.1. The van der Waals surface area contributed by atoms with Gasteiger partial charge in [-0.3, -0.25) is 0 Å². The van der Waals surface area contributed by atoms with Crippen LogP contribution in [0.5, 0.6) is 0 Å². The predicted molar refractivity (Wildman–Crippen MR) is 128 cm³/mol. The largest absolute Gasteiger partial charge is 0.326 e. The lowest BCUT2D eigenvalue weighted by Gasteiger charge is -2.20. The summed E-state index contributed by atoms with van der Waals surface area (Å²) in [7, 11) is 0. The van der Waals surface area contributed by atoms with E-state index in [2.05, 4.69) is 99.5 Å². The van der Waals surface area contributed by atoms with Gasteiger partial charge in [-0.05, 0) is 50.1 Å². The first-order chi connectivity index (χ1) is 15.3. The van der Waals surface area contributed by atoms with E-state index in [1.165, 1.54) is 45.2 Å². The molecule has 0 fully saturated rings. The number of allylic oxidation sites excluding steroid dienone is 4. The maximum absolute atomic E-state index is 2.49. The van der Waals surface area contributed by atoms with Crippen molar-refractivity contribution in [1.29, 1.82) is 0 Å². The van der Waals surface area contributed by atoms with E-state index in [0.717, 1.165) is 39.0 Å². The van der Waals surface area contributed by atoms with Gasteiger partial charge >= 0.3 is 0 Å². The van der Waals surface area contributed by atoms with Gasteiger partial charge in [0.25, 0.3) is 5.82 Å². The molecule has 4 heteroatoms. The normalized spacial score (nSPS) is 18.7. The molecule has 0 bridgehead atoms. The Morgan fingerprint density at radius 3 is 2.58 bits per heavy atom. The van der Waals surface area contributed by atoms with Crippen molar-refractivity contribution < 1.29 is 4.57 Å². The van der Waals surface area contributed by atoms with Crippen molar-refractivity contribution in [2.75, 3.05) is 22.9 Å². The number of para-hydroxylation sites is 4. The zero-order chi connectivity index (χ0) is 20.9. The molecular weight excluding hydrogens is 380 g/mol. The fourth-order valence-electron chi connectivity index (χ4n) is 5.66. The third kappa shape index (κ3) is 2.64. The van der Waals surface area contributed by atoms with E-state index in [9.17, 15) is 0 Å². The molecule has 0 unspecified atom stereocenters. The standard InChI is InChI=1S/C27H29N4/c1-3-28-22-12-5-7-14-24(22)30-18-16-20(26(28)30)10-9-11-21-17-19-31-25-15-8-6-13-23(25)29(4-2)27(21)31/h5-15H,3-4,16-19H2,1-2H3/q+1. The molecule has 0 amide bonds. The highest BCUT2D eigenvalue weighted by Gasteiger charge is 2.35. The van der Waals surface area contributed by atoms with E-state index in [1.54, 1.807) is 0 Å². The summed E-state index contributed by atoms with van der Waals surface area (Å²) in [6, 6.07) is 17.6. The Kier molecular flexibility index (Phi) is 4.27. The molecule has 3 aliphatic rings. The van der Waals surface area contributed by atoms with Gasteiger partial charge in [-0.15, -0.1) is 0 Å². The van der Waals surface area contributed by atoms with Crippen molar-refractivity contribution >= 4 is 28.0 Å². The number of aryl methyl sites for hydroxylation is 2. The number of aromatic nitrogens is 2. The fraction of sp³-hybridized carbons (Fsp3) is 0.296. The lowest BCUT2D eigenvalue weighted by Crippen LogP contribution is -2.35. The van der Waals surface area contributed by atoms with E-state index in [1.807, 2.05) is 0 Å². The van der Waals surface area contributed by atoms with Crippen LogP contribution in [0.1, 0.15) is 32.5 Å². The summed E-state index contributed by atoms with van der Waals surface area (Å²) in [5.41, 5.74) is 8.27. The Labute approximate surface area is 184 Å². The minimum Gasteiger partial charge on any atom is -0.326 e. The molecule has 2 aromatic carbocycles. The zero-order valence-electron chi connectivity index (χ0n) is 18.4. The number of imidazole rings is 1. The smallest absolute Gasteiger partial charge is 0.285 e. The molecular formula is C27H29N4+. The molecule has 156 valence electrons. The summed E-state index contributed by atoms with van der Waals surface area (Å²) in [6.45, 7) is 8.63. The Balaban J connectivity index is 1.36. The van der Waals surface area contributed by atoms with Crippen molar-refractivity contribution in [1.82, 2.24) is 4.57 Å². The van der Waals surface area contributed by atoms with E-state index in [0.29, 0.717) is 0 Å². The quantitative estimate of drug-likeness (QED) is 0.547. The maximum atomic E-state index is 2.49.